The molecule has 0 aromatic heterocycles. The fourth-order valence-electron chi connectivity index (χ4n) is 1.75. The normalized spacial score (nSPS) is 22.2. The van der Waals surface area contributed by atoms with Gasteiger partial charge in [0, 0.05) is 13.0 Å². The zero-order valence-electron chi connectivity index (χ0n) is 8.79. The van der Waals surface area contributed by atoms with E-state index in [0.29, 0.717) is 6.04 Å². The van der Waals surface area contributed by atoms with E-state index in [9.17, 15) is 0 Å². The Balaban J connectivity index is 2.27. The van der Waals surface area contributed by atoms with Gasteiger partial charge in [0.1, 0.15) is 0 Å². The van der Waals surface area contributed by atoms with E-state index in [1.807, 2.05) is 6.92 Å². The van der Waals surface area contributed by atoms with E-state index < -0.39 is 0 Å². The minimum atomic E-state index is 0.359. The average molecular weight is 183 g/mol. The van der Waals surface area contributed by atoms with Crippen molar-refractivity contribution in [3.63, 3.8) is 0 Å². The number of aliphatic imine (C=N–C) groups is 1. The highest BCUT2D eigenvalue weighted by atomic mass is 15.2. The molecule has 1 aliphatic heterocycles. The topological polar surface area (TPSA) is 41.6 Å². The van der Waals surface area contributed by atoms with Gasteiger partial charge in [-0.05, 0) is 32.9 Å². The number of hydrogen-bond donors (Lipinski definition) is 1. The summed E-state index contributed by atoms with van der Waals surface area (Å²) >= 11 is 0. The van der Waals surface area contributed by atoms with Crippen LogP contribution in [0.25, 0.3) is 0 Å². The molecule has 1 unspecified atom stereocenters. The van der Waals surface area contributed by atoms with Gasteiger partial charge < -0.3 is 10.6 Å². The number of hydrogen-bond acceptors (Lipinski definition) is 2. The number of nitrogens with two attached hydrogens (primary N) is 1. The lowest BCUT2D eigenvalue weighted by Gasteiger charge is -2.17. The second kappa shape index (κ2) is 5.22. The third kappa shape index (κ3) is 3.77. The first kappa shape index (κ1) is 10.5. The Morgan fingerprint density at radius 3 is 2.62 bits per heavy atom. The number of amidine groups is 1. The first-order valence-electron chi connectivity index (χ1n) is 5.27. The van der Waals surface area contributed by atoms with E-state index in [0.717, 1.165) is 18.8 Å². The molecule has 0 aliphatic carbocycles. The van der Waals surface area contributed by atoms with Gasteiger partial charge in [-0.1, -0.05) is 6.92 Å². The Morgan fingerprint density at radius 2 is 2.08 bits per heavy atom. The van der Waals surface area contributed by atoms with Crippen molar-refractivity contribution in [3.8, 4) is 0 Å². The zero-order chi connectivity index (χ0) is 9.68. The molecule has 3 nitrogen and oxygen atoms in total. The monoisotopic (exact) mass is 183 g/mol. The first-order chi connectivity index (χ1) is 6.22. The minimum Gasteiger partial charge on any atom is -0.387 e. The first-order valence-corrected chi connectivity index (χ1v) is 5.27. The van der Waals surface area contributed by atoms with Gasteiger partial charge in [0.05, 0.1) is 11.9 Å². The largest absolute Gasteiger partial charge is 0.387 e. The summed E-state index contributed by atoms with van der Waals surface area (Å²) < 4.78 is 0. The van der Waals surface area contributed by atoms with E-state index in [-0.39, 0.29) is 0 Å². The fraction of sp³-hybridized carbons (Fsp3) is 0.900. The molecule has 1 saturated heterocycles. The third-order valence-electron chi connectivity index (χ3n) is 2.47. The van der Waals surface area contributed by atoms with E-state index in [4.69, 9.17) is 5.73 Å². The highest BCUT2D eigenvalue weighted by Crippen LogP contribution is 2.08. The molecule has 1 rings (SSSR count). The average Bonchev–Trinajstić information content (AvgIpc) is 2.56. The summed E-state index contributed by atoms with van der Waals surface area (Å²) in [7, 11) is 0. The zero-order valence-corrected chi connectivity index (χ0v) is 8.79. The van der Waals surface area contributed by atoms with Crippen molar-refractivity contribution in [1.29, 1.82) is 0 Å². The molecule has 13 heavy (non-hydrogen) atoms. The quantitative estimate of drug-likeness (QED) is 0.526. The minimum absolute atomic E-state index is 0.359. The van der Waals surface area contributed by atoms with Crippen LogP contribution in [0, 0.1) is 0 Å². The van der Waals surface area contributed by atoms with Gasteiger partial charge in [-0.3, -0.25) is 4.99 Å². The van der Waals surface area contributed by atoms with Gasteiger partial charge in [-0.2, -0.15) is 0 Å². The van der Waals surface area contributed by atoms with Gasteiger partial charge in [0.15, 0.2) is 0 Å². The molecule has 0 saturated carbocycles. The summed E-state index contributed by atoms with van der Waals surface area (Å²) in [6.07, 6.45) is 3.56. The third-order valence-corrected chi connectivity index (χ3v) is 2.47. The Hall–Kier alpha value is -0.570. The van der Waals surface area contributed by atoms with Crippen molar-refractivity contribution >= 4 is 5.84 Å². The van der Waals surface area contributed by atoms with Crippen molar-refractivity contribution in [2.45, 2.75) is 39.2 Å². The van der Waals surface area contributed by atoms with Crippen LogP contribution in [0.15, 0.2) is 4.99 Å². The maximum Gasteiger partial charge on any atom is 0.0938 e. The van der Waals surface area contributed by atoms with E-state index in [2.05, 4.69) is 16.8 Å². The molecule has 0 amide bonds. The smallest absolute Gasteiger partial charge is 0.0938 e. The summed E-state index contributed by atoms with van der Waals surface area (Å²) in [6, 6.07) is 0.359. The molecule has 76 valence electrons. The molecule has 0 aromatic rings. The summed E-state index contributed by atoms with van der Waals surface area (Å²) in [4.78, 5) is 6.88. The van der Waals surface area contributed by atoms with Crippen LogP contribution in [0.2, 0.25) is 0 Å². The number of nitrogens with zero attached hydrogens (tertiary/aromatic N) is 2. The van der Waals surface area contributed by atoms with Gasteiger partial charge in [-0.25, -0.2) is 0 Å². The lowest BCUT2D eigenvalue weighted by molar-refractivity contribution is 0.321. The molecule has 1 fully saturated rings. The standard InChI is InChI=1S/C10H21N3/c1-3-10(11)12-9(2)8-13-6-4-5-7-13/h9H,3-8H2,1-2H3,(H2,11,12). The van der Waals surface area contributed by atoms with Crippen LogP contribution >= 0.6 is 0 Å². The van der Waals surface area contributed by atoms with Gasteiger partial charge in [0.25, 0.3) is 0 Å². The van der Waals surface area contributed by atoms with Crippen LogP contribution < -0.4 is 5.73 Å². The van der Waals surface area contributed by atoms with Gasteiger partial charge in [0.2, 0.25) is 0 Å². The van der Waals surface area contributed by atoms with E-state index in [1.165, 1.54) is 25.9 Å². The lowest BCUT2D eigenvalue weighted by Crippen LogP contribution is -2.28. The van der Waals surface area contributed by atoms with Crippen LogP contribution in [0.4, 0.5) is 0 Å². The van der Waals surface area contributed by atoms with Crippen LogP contribution in [-0.4, -0.2) is 36.4 Å². The molecular formula is C10H21N3. The molecule has 1 heterocycles. The van der Waals surface area contributed by atoms with Crippen LogP contribution in [0.5, 0.6) is 0 Å². The van der Waals surface area contributed by atoms with Gasteiger partial charge >= 0.3 is 0 Å². The Bertz CT molecular complexity index is 171. The second-order valence-corrected chi connectivity index (χ2v) is 3.83. The molecule has 0 aromatic carbocycles. The molecule has 2 N–H and O–H groups in total. The van der Waals surface area contributed by atoms with Crippen molar-refractivity contribution in [2.75, 3.05) is 19.6 Å². The van der Waals surface area contributed by atoms with Crippen molar-refractivity contribution < 1.29 is 0 Å². The number of likely N-dealkylation sites (tertiary alicyclic amines) is 1. The highest BCUT2D eigenvalue weighted by Gasteiger charge is 2.13. The summed E-state index contributed by atoms with van der Waals surface area (Å²) in [6.45, 7) is 7.74. The lowest BCUT2D eigenvalue weighted by atomic mass is 10.3. The summed E-state index contributed by atoms with van der Waals surface area (Å²) in [5.74, 6) is 0.784. The molecule has 1 aliphatic rings. The van der Waals surface area contributed by atoms with Crippen molar-refractivity contribution in [2.24, 2.45) is 10.7 Å². The predicted octanol–water partition coefficient (Wildman–Crippen LogP) is 1.24. The molecule has 0 bridgehead atoms. The predicted molar refractivity (Wildman–Crippen MR) is 57.0 cm³/mol. The molecular weight excluding hydrogens is 162 g/mol. The maximum atomic E-state index is 5.68. The molecule has 0 spiro atoms. The summed E-state index contributed by atoms with van der Waals surface area (Å²) in [5.41, 5.74) is 5.68. The fourth-order valence-corrected chi connectivity index (χ4v) is 1.75. The SMILES string of the molecule is CCC(N)=NC(C)CN1CCCC1. The van der Waals surface area contributed by atoms with Crippen LogP contribution in [0.3, 0.4) is 0 Å². The Kier molecular flexibility index (Phi) is 4.22. The number of rotatable bonds is 4. The van der Waals surface area contributed by atoms with Crippen LogP contribution in [0.1, 0.15) is 33.1 Å². The summed E-state index contributed by atoms with van der Waals surface area (Å²) in [5, 5.41) is 0. The van der Waals surface area contributed by atoms with Crippen molar-refractivity contribution in [3.05, 3.63) is 0 Å². The van der Waals surface area contributed by atoms with Gasteiger partial charge in [-0.15, -0.1) is 0 Å². The second-order valence-electron chi connectivity index (χ2n) is 3.83. The molecule has 3 heteroatoms. The van der Waals surface area contributed by atoms with E-state index in [1.54, 1.807) is 0 Å². The Morgan fingerprint density at radius 1 is 1.46 bits per heavy atom. The molecule has 0 radical (unpaired) electrons. The molecule has 1 atom stereocenters. The van der Waals surface area contributed by atoms with E-state index >= 15 is 0 Å². The van der Waals surface area contributed by atoms with Crippen LogP contribution in [-0.2, 0) is 0 Å². The van der Waals surface area contributed by atoms with Crippen molar-refractivity contribution in [1.82, 2.24) is 4.90 Å². The Labute approximate surface area is 81.0 Å². The maximum absolute atomic E-state index is 5.68. The highest BCUT2D eigenvalue weighted by molar-refractivity contribution is 5.80.